The normalized spacial score (nSPS) is 10.7. The zero-order valence-electron chi connectivity index (χ0n) is 11.2. The van der Waals surface area contributed by atoms with Crippen molar-refractivity contribution < 1.29 is 4.52 Å². The molecule has 0 saturated carbocycles. The third-order valence-corrected chi connectivity index (χ3v) is 2.80. The van der Waals surface area contributed by atoms with Gasteiger partial charge in [-0.15, -0.1) is 5.10 Å². The summed E-state index contributed by atoms with van der Waals surface area (Å²) in [5.74, 6) is 1.12. The molecular weight excluding hydrogens is 256 g/mol. The number of anilines is 1. The molecule has 0 aliphatic carbocycles. The van der Waals surface area contributed by atoms with Gasteiger partial charge in [0.2, 0.25) is 0 Å². The van der Waals surface area contributed by atoms with Crippen molar-refractivity contribution in [3.8, 4) is 11.5 Å². The lowest BCUT2D eigenvalue weighted by atomic mass is 10.1. The fourth-order valence-corrected chi connectivity index (χ4v) is 1.89. The Bertz CT molecular complexity index is 717. The fraction of sp³-hybridized carbons (Fsp3) is 0.231. The Morgan fingerprint density at radius 3 is 2.85 bits per heavy atom. The quantitative estimate of drug-likeness (QED) is 0.778. The van der Waals surface area contributed by atoms with E-state index >= 15 is 0 Å². The number of nitrogens with zero attached hydrogens (tertiary/aromatic N) is 5. The van der Waals surface area contributed by atoms with Crippen molar-refractivity contribution in [3.05, 3.63) is 42.0 Å². The first-order valence-electron chi connectivity index (χ1n) is 6.21. The molecule has 0 bridgehead atoms. The molecule has 1 aromatic carbocycles. The lowest BCUT2D eigenvalue weighted by Gasteiger charge is -2.07. The number of hydrogen-bond acceptors (Lipinski definition) is 6. The summed E-state index contributed by atoms with van der Waals surface area (Å²) in [7, 11) is 1.84. The highest BCUT2D eigenvalue weighted by Gasteiger charge is 2.11. The van der Waals surface area contributed by atoms with Crippen LogP contribution in [0, 0.1) is 6.92 Å². The van der Waals surface area contributed by atoms with E-state index in [2.05, 4.69) is 25.8 Å². The first kappa shape index (κ1) is 12.3. The maximum atomic E-state index is 5.21. The second-order valence-corrected chi connectivity index (χ2v) is 4.43. The van der Waals surface area contributed by atoms with E-state index in [0.717, 1.165) is 16.9 Å². The van der Waals surface area contributed by atoms with Crippen LogP contribution in [0.1, 0.15) is 11.5 Å². The molecule has 0 aliphatic rings. The predicted octanol–water partition coefficient (Wildman–Crippen LogP) is 1.79. The van der Waals surface area contributed by atoms with Crippen molar-refractivity contribution in [1.82, 2.24) is 25.1 Å². The highest BCUT2D eigenvalue weighted by atomic mass is 16.5. The predicted molar refractivity (Wildman–Crippen MR) is 72.8 cm³/mol. The molecule has 102 valence electrons. The molecule has 0 amide bonds. The summed E-state index contributed by atoms with van der Waals surface area (Å²) in [5, 5.41) is 15.1. The van der Waals surface area contributed by atoms with Crippen LogP contribution in [-0.2, 0) is 13.6 Å². The minimum Gasteiger partial charge on any atom is -0.379 e. The third kappa shape index (κ3) is 2.51. The molecule has 3 aromatic rings. The SMILES string of the molecule is Cc1noc(-c2ccccc2NCc2cn(C)nn2)n1. The van der Waals surface area contributed by atoms with E-state index < -0.39 is 0 Å². The number of benzene rings is 1. The molecule has 0 spiro atoms. The number of para-hydroxylation sites is 1. The van der Waals surface area contributed by atoms with Gasteiger partial charge in [-0.25, -0.2) is 0 Å². The Kier molecular flexibility index (Phi) is 3.16. The molecule has 0 saturated heterocycles. The zero-order chi connectivity index (χ0) is 13.9. The van der Waals surface area contributed by atoms with Crippen LogP contribution in [0.15, 0.2) is 35.0 Å². The number of aryl methyl sites for hydroxylation is 2. The smallest absolute Gasteiger partial charge is 0.260 e. The summed E-state index contributed by atoms with van der Waals surface area (Å²) in [6.07, 6.45) is 1.87. The van der Waals surface area contributed by atoms with Gasteiger partial charge in [-0.2, -0.15) is 4.98 Å². The highest BCUT2D eigenvalue weighted by Crippen LogP contribution is 2.26. The standard InChI is InChI=1S/C13H14N6O/c1-9-15-13(20-17-9)11-5-3-4-6-12(11)14-7-10-8-19(2)18-16-10/h3-6,8,14H,7H2,1-2H3. The van der Waals surface area contributed by atoms with Crippen molar-refractivity contribution in [1.29, 1.82) is 0 Å². The van der Waals surface area contributed by atoms with Gasteiger partial charge in [0.1, 0.15) is 5.69 Å². The van der Waals surface area contributed by atoms with Crippen LogP contribution in [0.5, 0.6) is 0 Å². The molecule has 0 unspecified atom stereocenters. The van der Waals surface area contributed by atoms with E-state index in [1.54, 1.807) is 11.6 Å². The Morgan fingerprint density at radius 2 is 2.15 bits per heavy atom. The fourth-order valence-electron chi connectivity index (χ4n) is 1.89. The first-order valence-corrected chi connectivity index (χ1v) is 6.21. The van der Waals surface area contributed by atoms with Crippen LogP contribution < -0.4 is 5.32 Å². The summed E-state index contributed by atoms with van der Waals surface area (Å²) < 4.78 is 6.88. The molecule has 0 atom stereocenters. The molecule has 7 nitrogen and oxygen atoms in total. The molecule has 0 radical (unpaired) electrons. The van der Waals surface area contributed by atoms with Gasteiger partial charge < -0.3 is 9.84 Å². The number of hydrogen-bond donors (Lipinski definition) is 1. The van der Waals surface area contributed by atoms with Gasteiger partial charge in [-0.1, -0.05) is 22.5 Å². The van der Waals surface area contributed by atoms with E-state index in [1.165, 1.54) is 0 Å². The number of rotatable bonds is 4. The molecule has 20 heavy (non-hydrogen) atoms. The topological polar surface area (TPSA) is 81.7 Å². The molecule has 3 rings (SSSR count). The van der Waals surface area contributed by atoms with E-state index in [9.17, 15) is 0 Å². The highest BCUT2D eigenvalue weighted by molar-refractivity contribution is 5.72. The molecule has 1 N–H and O–H groups in total. The molecule has 2 aromatic heterocycles. The lowest BCUT2D eigenvalue weighted by Crippen LogP contribution is -2.01. The van der Waals surface area contributed by atoms with Crippen LogP contribution in [-0.4, -0.2) is 25.1 Å². The summed E-state index contributed by atoms with van der Waals surface area (Å²) in [6.45, 7) is 2.38. The lowest BCUT2D eigenvalue weighted by molar-refractivity contribution is 0.426. The molecule has 2 heterocycles. The number of nitrogens with one attached hydrogen (secondary N) is 1. The van der Waals surface area contributed by atoms with Gasteiger partial charge in [0.25, 0.3) is 5.89 Å². The maximum Gasteiger partial charge on any atom is 0.260 e. The summed E-state index contributed by atoms with van der Waals surface area (Å²) >= 11 is 0. The Labute approximate surface area is 115 Å². The van der Waals surface area contributed by atoms with Crippen LogP contribution in [0.4, 0.5) is 5.69 Å². The largest absolute Gasteiger partial charge is 0.379 e. The van der Waals surface area contributed by atoms with Crippen molar-refractivity contribution >= 4 is 5.69 Å². The first-order chi connectivity index (χ1) is 9.72. The van der Waals surface area contributed by atoms with Crippen LogP contribution in [0.2, 0.25) is 0 Å². The average Bonchev–Trinajstić information content (AvgIpc) is 3.06. The second-order valence-electron chi connectivity index (χ2n) is 4.43. The molecule has 0 aliphatic heterocycles. The zero-order valence-corrected chi connectivity index (χ0v) is 11.2. The van der Waals surface area contributed by atoms with E-state index in [0.29, 0.717) is 18.3 Å². The van der Waals surface area contributed by atoms with Crippen LogP contribution in [0.25, 0.3) is 11.5 Å². The van der Waals surface area contributed by atoms with Gasteiger partial charge in [-0.05, 0) is 19.1 Å². The summed E-state index contributed by atoms with van der Waals surface area (Å²) in [4.78, 5) is 4.25. The Hall–Kier alpha value is -2.70. The van der Waals surface area contributed by atoms with Crippen molar-refractivity contribution in [3.63, 3.8) is 0 Å². The van der Waals surface area contributed by atoms with Crippen molar-refractivity contribution in [2.75, 3.05) is 5.32 Å². The molecular formula is C13H14N6O. The van der Waals surface area contributed by atoms with Gasteiger partial charge in [0, 0.05) is 18.9 Å². The van der Waals surface area contributed by atoms with E-state index in [1.807, 2.05) is 37.5 Å². The molecule has 0 fully saturated rings. The van der Waals surface area contributed by atoms with Crippen molar-refractivity contribution in [2.24, 2.45) is 7.05 Å². The van der Waals surface area contributed by atoms with Gasteiger partial charge >= 0.3 is 0 Å². The number of aromatic nitrogens is 5. The van der Waals surface area contributed by atoms with Crippen LogP contribution >= 0.6 is 0 Å². The summed E-state index contributed by atoms with van der Waals surface area (Å²) in [5.41, 5.74) is 2.66. The van der Waals surface area contributed by atoms with Crippen LogP contribution in [0.3, 0.4) is 0 Å². The van der Waals surface area contributed by atoms with Gasteiger partial charge in [0.05, 0.1) is 12.1 Å². The van der Waals surface area contributed by atoms with E-state index in [4.69, 9.17) is 4.52 Å². The minimum atomic E-state index is 0.504. The monoisotopic (exact) mass is 270 g/mol. The minimum absolute atomic E-state index is 0.504. The van der Waals surface area contributed by atoms with Gasteiger partial charge in [0.15, 0.2) is 5.82 Å². The van der Waals surface area contributed by atoms with Crippen molar-refractivity contribution in [2.45, 2.75) is 13.5 Å². The average molecular weight is 270 g/mol. The van der Waals surface area contributed by atoms with Gasteiger partial charge in [-0.3, -0.25) is 4.68 Å². The third-order valence-electron chi connectivity index (χ3n) is 2.80. The Balaban J connectivity index is 1.83. The summed E-state index contributed by atoms with van der Waals surface area (Å²) in [6, 6.07) is 7.78. The van der Waals surface area contributed by atoms with E-state index in [-0.39, 0.29) is 0 Å². The molecule has 7 heteroatoms. The maximum absolute atomic E-state index is 5.21. The second kappa shape index (κ2) is 5.12. The Morgan fingerprint density at radius 1 is 1.30 bits per heavy atom.